The van der Waals surface area contributed by atoms with Crippen molar-refractivity contribution in [1.29, 1.82) is 0 Å². The smallest absolute Gasteiger partial charge is 0.0468 e. The number of benzene rings is 5. The van der Waals surface area contributed by atoms with E-state index in [-0.39, 0.29) is 0 Å². The minimum Gasteiger partial charge on any atom is -0.310 e. The lowest BCUT2D eigenvalue weighted by atomic mass is 9.99. The summed E-state index contributed by atoms with van der Waals surface area (Å²) >= 11 is 0. The molecule has 168 valence electrons. The lowest BCUT2D eigenvalue weighted by Crippen LogP contribution is -2.10. The lowest BCUT2D eigenvalue weighted by molar-refractivity contribution is 1.14. The summed E-state index contributed by atoms with van der Waals surface area (Å²) in [5, 5.41) is 5.05. The molecular formula is C34H27N. The average Bonchev–Trinajstić information content (AvgIpc) is 3.38. The van der Waals surface area contributed by atoms with Gasteiger partial charge in [-0.05, 0) is 112 Å². The highest BCUT2D eigenvalue weighted by molar-refractivity contribution is 5.93. The Balaban J connectivity index is 1.39. The molecule has 0 aliphatic heterocycles. The van der Waals surface area contributed by atoms with Crippen LogP contribution in [0.4, 0.5) is 17.1 Å². The molecule has 5 aromatic carbocycles. The predicted octanol–water partition coefficient (Wildman–Crippen LogP) is 9.51. The van der Waals surface area contributed by atoms with Gasteiger partial charge in [0.2, 0.25) is 0 Å². The molecule has 2 aliphatic rings. The Hall–Kier alpha value is -4.10. The van der Waals surface area contributed by atoms with E-state index >= 15 is 0 Å². The van der Waals surface area contributed by atoms with Gasteiger partial charge in [-0.2, -0.15) is 0 Å². The van der Waals surface area contributed by atoms with Gasteiger partial charge in [0.1, 0.15) is 0 Å². The van der Waals surface area contributed by atoms with Crippen LogP contribution in [0.5, 0.6) is 0 Å². The molecule has 0 heterocycles. The Labute approximate surface area is 206 Å². The fraction of sp³-hybridized carbons (Fsp3) is 0.118. The summed E-state index contributed by atoms with van der Waals surface area (Å²) in [7, 11) is 0. The van der Waals surface area contributed by atoms with Crippen molar-refractivity contribution in [1.82, 2.24) is 0 Å². The van der Waals surface area contributed by atoms with Crippen molar-refractivity contribution in [3.63, 3.8) is 0 Å². The van der Waals surface area contributed by atoms with E-state index in [0.29, 0.717) is 0 Å². The monoisotopic (exact) mass is 449 g/mol. The maximum atomic E-state index is 2.42. The van der Waals surface area contributed by atoms with Crippen LogP contribution >= 0.6 is 0 Å². The van der Waals surface area contributed by atoms with Crippen molar-refractivity contribution in [2.24, 2.45) is 0 Å². The van der Waals surface area contributed by atoms with E-state index in [1.165, 1.54) is 60.9 Å². The van der Waals surface area contributed by atoms with Gasteiger partial charge in [-0.3, -0.25) is 0 Å². The fourth-order valence-corrected chi connectivity index (χ4v) is 5.91. The third kappa shape index (κ3) is 3.23. The van der Waals surface area contributed by atoms with Crippen LogP contribution in [-0.2, 0) is 6.42 Å². The van der Waals surface area contributed by atoms with Crippen LogP contribution in [0.2, 0.25) is 0 Å². The Morgan fingerprint density at radius 1 is 0.514 bits per heavy atom. The SMILES string of the molecule is CC1=C(C)C2=C(C1)c1ccc(N(c3ccc4ccccc4c3)c3ccc4ccccc4c3)cc1C2. The highest BCUT2D eigenvalue weighted by Gasteiger charge is 2.28. The number of hydrogen-bond acceptors (Lipinski definition) is 1. The Bertz CT molecular complexity index is 1640. The van der Waals surface area contributed by atoms with Crippen molar-refractivity contribution in [2.45, 2.75) is 26.7 Å². The quantitative estimate of drug-likeness (QED) is 0.265. The topological polar surface area (TPSA) is 3.24 Å². The molecule has 0 fully saturated rings. The number of fused-ring (bicyclic) bond motifs is 4. The van der Waals surface area contributed by atoms with Crippen LogP contribution < -0.4 is 4.90 Å². The van der Waals surface area contributed by atoms with Gasteiger partial charge in [0.25, 0.3) is 0 Å². The minimum atomic E-state index is 1.05. The zero-order valence-electron chi connectivity index (χ0n) is 20.2. The Morgan fingerprint density at radius 2 is 1.06 bits per heavy atom. The highest BCUT2D eigenvalue weighted by Crippen LogP contribution is 2.47. The first-order valence-corrected chi connectivity index (χ1v) is 12.5. The molecule has 2 aliphatic carbocycles. The molecule has 7 rings (SSSR count). The molecule has 0 N–H and O–H groups in total. The molecule has 0 saturated heterocycles. The first-order valence-electron chi connectivity index (χ1n) is 12.5. The number of allylic oxidation sites excluding steroid dienone is 4. The molecule has 5 aromatic rings. The predicted molar refractivity (Wildman–Crippen MR) is 150 cm³/mol. The van der Waals surface area contributed by atoms with Gasteiger partial charge in [-0.1, -0.05) is 72.3 Å². The standard InChI is InChI=1S/C34H27N/c1-22-17-34-32-16-15-31(20-28(32)21-33(34)23(22)2)35(29-13-11-24-7-3-5-9-26(24)18-29)30-14-12-25-8-4-6-10-27(25)19-30/h3-16,18-20H,17,21H2,1-2H3. The molecule has 0 saturated carbocycles. The first kappa shape index (κ1) is 20.3. The van der Waals surface area contributed by atoms with Crippen LogP contribution in [0.25, 0.3) is 27.1 Å². The second kappa shape index (κ2) is 7.71. The minimum absolute atomic E-state index is 1.05. The average molecular weight is 450 g/mol. The summed E-state index contributed by atoms with van der Waals surface area (Å²) in [6, 6.07) is 37.9. The normalized spacial score (nSPS) is 14.7. The van der Waals surface area contributed by atoms with Gasteiger partial charge >= 0.3 is 0 Å². The third-order valence-corrected chi connectivity index (χ3v) is 7.92. The largest absolute Gasteiger partial charge is 0.310 e. The molecule has 0 unspecified atom stereocenters. The van der Waals surface area contributed by atoms with E-state index < -0.39 is 0 Å². The van der Waals surface area contributed by atoms with Crippen molar-refractivity contribution >= 4 is 44.2 Å². The first-order chi connectivity index (χ1) is 17.2. The molecule has 1 nitrogen and oxygen atoms in total. The summed E-state index contributed by atoms with van der Waals surface area (Å²) in [6.07, 6.45) is 2.15. The van der Waals surface area contributed by atoms with Crippen LogP contribution in [0, 0.1) is 0 Å². The molecule has 35 heavy (non-hydrogen) atoms. The van der Waals surface area contributed by atoms with Crippen LogP contribution in [0.15, 0.2) is 120 Å². The zero-order valence-corrected chi connectivity index (χ0v) is 20.2. The lowest BCUT2D eigenvalue weighted by Gasteiger charge is -2.27. The van der Waals surface area contributed by atoms with Crippen LogP contribution in [-0.4, -0.2) is 0 Å². The van der Waals surface area contributed by atoms with Gasteiger partial charge in [-0.15, -0.1) is 0 Å². The fourth-order valence-electron chi connectivity index (χ4n) is 5.91. The second-order valence-electron chi connectivity index (χ2n) is 9.96. The van der Waals surface area contributed by atoms with E-state index in [9.17, 15) is 0 Å². The van der Waals surface area contributed by atoms with Crippen molar-refractivity contribution < 1.29 is 0 Å². The Morgan fingerprint density at radius 3 is 1.69 bits per heavy atom. The third-order valence-electron chi connectivity index (χ3n) is 7.92. The van der Waals surface area contributed by atoms with Crippen molar-refractivity contribution in [2.75, 3.05) is 4.90 Å². The Kier molecular flexibility index (Phi) is 4.47. The van der Waals surface area contributed by atoms with Gasteiger partial charge in [0.15, 0.2) is 0 Å². The number of anilines is 3. The van der Waals surface area contributed by atoms with Gasteiger partial charge in [-0.25, -0.2) is 0 Å². The van der Waals surface area contributed by atoms with E-state index in [1.54, 1.807) is 11.1 Å². The van der Waals surface area contributed by atoms with Gasteiger partial charge < -0.3 is 4.90 Å². The molecule has 0 aromatic heterocycles. The molecule has 0 amide bonds. The number of hydrogen-bond donors (Lipinski definition) is 0. The summed E-state index contributed by atoms with van der Waals surface area (Å²) in [5.41, 5.74) is 12.6. The summed E-state index contributed by atoms with van der Waals surface area (Å²) in [5.74, 6) is 0. The van der Waals surface area contributed by atoms with Crippen LogP contribution in [0.1, 0.15) is 31.4 Å². The summed E-state index contributed by atoms with van der Waals surface area (Å²) in [6.45, 7) is 4.57. The molecule has 0 atom stereocenters. The summed E-state index contributed by atoms with van der Waals surface area (Å²) < 4.78 is 0. The van der Waals surface area contributed by atoms with E-state index in [4.69, 9.17) is 0 Å². The van der Waals surface area contributed by atoms with Crippen molar-refractivity contribution in [3.05, 3.63) is 131 Å². The highest BCUT2D eigenvalue weighted by atomic mass is 15.1. The van der Waals surface area contributed by atoms with E-state index in [2.05, 4.69) is 122 Å². The maximum absolute atomic E-state index is 2.42. The van der Waals surface area contributed by atoms with Gasteiger partial charge in [0, 0.05) is 17.1 Å². The molecule has 0 spiro atoms. The van der Waals surface area contributed by atoms with Crippen molar-refractivity contribution in [3.8, 4) is 0 Å². The number of rotatable bonds is 3. The second-order valence-corrected chi connectivity index (χ2v) is 9.96. The number of nitrogens with zero attached hydrogens (tertiary/aromatic N) is 1. The molecular weight excluding hydrogens is 422 g/mol. The van der Waals surface area contributed by atoms with E-state index in [1.807, 2.05) is 0 Å². The molecule has 0 bridgehead atoms. The molecule has 0 radical (unpaired) electrons. The zero-order chi connectivity index (χ0) is 23.5. The molecule has 1 heteroatoms. The van der Waals surface area contributed by atoms with E-state index in [0.717, 1.165) is 12.8 Å². The van der Waals surface area contributed by atoms with Crippen LogP contribution in [0.3, 0.4) is 0 Å². The summed E-state index contributed by atoms with van der Waals surface area (Å²) in [4.78, 5) is 2.41. The van der Waals surface area contributed by atoms with Gasteiger partial charge in [0.05, 0.1) is 0 Å². The maximum Gasteiger partial charge on any atom is 0.0468 e.